The number of nitrogens with zero attached hydrogens (tertiary/aromatic N) is 1. The lowest BCUT2D eigenvalue weighted by molar-refractivity contribution is 0.597. The summed E-state index contributed by atoms with van der Waals surface area (Å²) < 4.78 is 0. The van der Waals surface area contributed by atoms with Gasteiger partial charge in [-0.2, -0.15) is 0 Å². The second-order valence-electron chi connectivity index (χ2n) is 4.74. The fourth-order valence-electron chi connectivity index (χ4n) is 2.49. The van der Waals surface area contributed by atoms with E-state index in [9.17, 15) is 0 Å². The SMILES string of the molecule is Cc1cnc2[nH]c(CC3CCCN3)cc2c1. The number of nitrogens with one attached hydrogen (secondary N) is 2. The molecular weight excluding hydrogens is 198 g/mol. The van der Waals surface area contributed by atoms with Crippen LogP contribution < -0.4 is 5.32 Å². The predicted octanol–water partition coefficient (Wildman–Crippen LogP) is 2.17. The number of rotatable bonds is 2. The van der Waals surface area contributed by atoms with Crippen LogP contribution in [0.3, 0.4) is 0 Å². The summed E-state index contributed by atoms with van der Waals surface area (Å²) in [5.74, 6) is 0. The van der Waals surface area contributed by atoms with Gasteiger partial charge in [0.05, 0.1) is 0 Å². The number of hydrogen-bond donors (Lipinski definition) is 2. The zero-order valence-corrected chi connectivity index (χ0v) is 9.59. The first-order valence-corrected chi connectivity index (χ1v) is 5.99. The van der Waals surface area contributed by atoms with Crippen molar-refractivity contribution in [3.63, 3.8) is 0 Å². The van der Waals surface area contributed by atoms with Gasteiger partial charge < -0.3 is 10.3 Å². The first-order chi connectivity index (χ1) is 7.81. The number of hydrogen-bond acceptors (Lipinski definition) is 2. The van der Waals surface area contributed by atoms with Crippen LogP contribution in [-0.2, 0) is 6.42 Å². The third-order valence-electron chi connectivity index (χ3n) is 3.29. The van der Waals surface area contributed by atoms with Crippen LogP contribution in [0.1, 0.15) is 24.1 Å². The van der Waals surface area contributed by atoms with Gasteiger partial charge in [-0.05, 0) is 44.0 Å². The van der Waals surface area contributed by atoms with Crippen LogP contribution in [-0.4, -0.2) is 22.6 Å². The topological polar surface area (TPSA) is 40.7 Å². The van der Waals surface area contributed by atoms with Gasteiger partial charge in [-0.25, -0.2) is 4.98 Å². The minimum atomic E-state index is 0.647. The summed E-state index contributed by atoms with van der Waals surface area (Å²) >= 11 is 0. The van der Waals surface area contributed by atoms with Crippen molar-refractivity contribution in [2.24, 2.45) is 0 Å². The molecule has 3 nitrogen and oxygen atoms in total. The molecule has 0 amide bonds. The Kier molecular flexibility index (Phi) is 2.40. The van der Waals surface area contributed by atoms with Crippen molar-refractivity contribution in [1.29, 1.82) is 0 Å². The van der Waals surface area contributed by atoms with E-state index in [1.54, 1.807) is 0 Å². The van der Waals surface area contributed by atoms with E-state index in [2.05, 4.69) is 34.3 Å². The minimum Gasteiger partial charge on any atom is -0.343 e. The molecule has 0 bridgehead atoms. The Morgan fingerprint density at radius 1 is 1.44 bits per heavy atom. The smallest absolute Gasteiger partial charge is 0.137 e. The van der Waals surface area contributed by atoms with E-state index in [4.69, 9.17) is 0 Å². The zero-order valence-electron chi connectivity index (χ0n) is 9.59. The van der Waals surface area contributed by atoms with Crippen LogP contribution >= 0.6 is 0 Å². The van der Waals surface area contributed by atoms with E-state index < -0.39 is 0 Å². The second-order valence-corrected chi connectivity index (χ2v) is 4.74. The number of pyridine rings is 1. The van der Waals surface area contributed by atoms with Crippen LogP contribution in [0.2, 0.25) is 0 Å². The number of fused-ring (bicyclic) bond motifs is 1. The van der Waals surface area contributed by atoms with Gasteiger partial charge in [-0.15, -0.1) is 0 Å². The molecule has 1 saturated heterocycles. The van der Waals surface area contributed by atoms with Crippen molar-refractivity contribution in [1.82, 2.24) is 15.3 Å². The van der Waals surface area contributed by atoms with Crippen molar-refractivity contribution in [2.45, 2.75) is 32.2 Å². The van der Waals surface area contributed by atoms with E-state index in [1.807, 2.05) is 6.20 Å². The van der Waals surface area contributed by atoms with E-state index in [0.29, 0.717) is 6.04 Å². The molecule has 2 aromatic heterocycles. The Morgan fingerprint density at radius 3 is 3.19 bits per heavy atom. The molecule has 84 valence electrons. The van der Waals surface area contributed by atoms with Gasteiger partial charge in [0.25, 0.3) is 0 Å². The predicted molar refractivity (Wildman–Crippen MR) is 65.6 cm³/mol. The number of aromatic nitrogens is 2. The highest BCUT2D eigenvalue weighted by molar-refractivity contribution is 5.77. The van der Waals surface area contributed by atoms with Gasteiger partial charge in [0.15, 0.2) is 0 Å². The molecule has 3 rings (SSSR count). The van der Waals surface area contributed by atoms with E-state index in [-0.39, 0.29) is 0 Å². The molecule has 0 aromatic carbocycles. The molecule has 1 atom stereocenters. The molecular formula is C13H17N3. The van der Waals surface area contributed by atoms with Crippen molar-refractivity contribution < 1.29 is 0 Å². The molecule has 1 fully saturated rings. The average molecular weight is 215 g/mol. The van der Waals surface area contributed by atoms with Gasteiger partial charge in [0.1, 0.15) is 5.65 Å². The maximum atomic E-state index is 4.40. The number of aromatic amines is 1. The van der Waals surface area contributed by atoms with Crippen LogP contribution in [0.4, 0.5) is 0 Å². The highest BCUT2D eigenvalue weighted by Gasteiger charge is 2.15. The summed E-state index contributed by atoms with van der Waals surface area (Å²) in [5, 5.41) is 4.75. The molecule has 0 aliphatic carbocycles. The first kappa shape index (κ1) is 9.85. The summed E-state index contributed by atoms with van der Waals surface area (Å²) in [6.45, 7) is 3.25. The van der Waals surface area contributed by atoms with E-state index in [0.717, 1.165) is 12.1 Å². The molecule has 3 heteroatoms. The molecule has 3 heterocycles. The Bertz CT molecular complexity index is 495. The Labute approximate surface area is 95.3 Å². The number of aryl methyl sites for hydroxylation is 1. The lowest BCUT2D eigenvalue weighted by Crippen LogP contribution is -2.23. The molecule has 1 aliphatic rings. The normalized spacial score (nSPS) is 20.7. The highest BCUT2D eigenvalue weighted by Crippen LogP contribution is 2.17. The van der Waals surface area contributed by atoms with Gasteiger partial charge in [0.2, 0.25) is 0 Å². The van der Waals surface area contributed by atoms with Crippen molar-refractivity contribution in [2.75, 3.05) is 6.54 Å². The van der Waals surface area contributed by atoms with Gasteiger partial charge >= 0.3 is 0 Å². The summed E-state index contributed by atoms with van der Waals surface area (Å²) in [5.41, 5.74) is 3.53. The highest BCUT2D eigenvalue weighted by atomic mass is 14.9. The lowest BCUT2D eigenvalue weighted by atomic mass is 10.1. The zero-order chi connectivity index (χ0) is 11.0. The van der Waals surface area contributed by atoms with Crippen LogP contribution in [0.5, 0.6) is 0 Å². The van der Waals surface area contributed by atoms with Gasteiger partial charge in [-0.3, -0.25) is 0 Å². The standard InChI is InChI=1S/C13H17N3/c1-9-5-10-6-12(16-13(10)15-8-9)7-11-3-2-4-14-11/h5-6,8,11,14H,2-4,7H2,1H3,(H,15,16). The quantitative estimate of drug-likeness (QED) is 0.806. The Balaban J connectivity index is 1.86. The summed E-state index contributed by atoms with van der Waals surface area (Å²) in [7, 11) is 0. The molecule has 1 unspecified atom stereocenters. The fourth-order valence-corrected chi connectivity index (χ4v) is 2.49. The Morgan fingerprint density at radius 2 is 2.38 bits per heavy atom. The fraction of sp³-hybridized carbons (Fsp3) is 0.462. The number of H-pyrrole nitrogens is 1. The molecule has 0 saturated carbocycles. The average Bonchev–Trinajstić information content (AvgIpc) is 2.86. The van der Waals surface area contributed by atoms with Crippen molar-refractivity contribution in [3.05, 3.63) is 29.6 Å². The van der Waals surface area contributed by atoms with Crippen LogP contribution in [0.25, 0.3) is 11.0 Å². The second kappa shape index (κ2) is 3.91. The molecule has 1 aliphatic heterocycles. The van der Waals surface area contributed by atoms with Crippen molar-refractivity contribution in [3.8, 4) is 0 Å². The largest absolute Gasteiger partial charge is 0.343 e. The molecule has 2 N–H and O–H groups in total. The van der Waals surface area contributed by atoms with Crippen LogP contribution in [0, 0.1) is 6.92 Å². The molecule has 16 heavy (non-hydrogen) atoms. The summed E-state index contributed by atoms with van der Waals surface area (Å²) in [4.78, 5) is 7.80. The third-order valence-corrected chi connectivity index (χ3v) is 3.29. The molecule has 0 spiro atoms. The lowest BCUT2D eigenvalue weighted by Gasteiger charge is -2.07. The molecule has 0 radical (unpaired) electrons. The maximum absolute atomic E-state index is 4.40. The maximum Gasteiger partial charge on any atom is 0.137 e. The first-order valence-electron chi connectivity index (χ1n) is 5.99. The van der Waals surface area contributed by atoms with E-state index in [1.165, 1.54) is 36.0 Å². The van der Waals surface area contributed by atoms with Crippen molar-refractivity contribution >= 4 is 11.0 Å². The Hall–Kier alpha value is -1.35. The third kappa shape index (κ3) is 1.83. The van der Waals surface area contributed by atoms with Gasteiger partial charge in [-0.1, -0.05) is 0 Å². The van der Waals surface area contributed by atoms with E-state index >= 15 is 0 Å². The summed E-state index contributed by atoms with van der Waals surface area (Å²) in [6.07, 6.45) is 5.61. The van der Waals surface area contributed by atoms with Gasteiger partial charge in [0, 0.05) is 29.7 Å². The summed E-state index contributed by atoms with van der Waals surface area (Å²) in [6, 6.07) is 5.06. The molecule has 2 aromatic rings. The minimum absolute atomic E-state index is 0.647. The van der Waals surface area contributed by atoms with Crippen LogP contribution in [0.15, 0.2) is 18.3 Å². The monoisotopic (exact) mass is 215 g/mol.